The number of carbonyl (C=O) groups is 1. The van der Waals surface area contributed by atoms with Gasteiger partial charge in [0.15, 0.2) is 11.6 Å². The maximum Gasteiger partial charge on any atom is 0.321 e. The van der Waals surface area contributed by atoms with Crippen molar-refractivity contribution < 1.29 is 23.8 Å². The smallest absolute Gasteiger partial charge is 0.321 e. The van der Waals surface area contributed by atoms with E-state index in [-0.39, 0.29) is 57.4 Å². The molecule has 4 aromatic rings. The van der Waals surface area contributed by atoms with Gasteiger partial charge in [0.25, 0.3) is 5.69 Å². The first-order valence-electron chi connectivity index (χ1n) is 11.8. The van der Waals surface area contributed by atoms with E-state index < -0.39 is 17.8 Å². The fourth-order valence-electron chi connectivity index (χ4n) is 3.68. The summed E-state index contributed by atoms with van der Waals surface area (Å²) in [6.07, 6.45) is 1.34. The van der Waals surface area contributed by atoms with Crippen LogP contribution in [0.1, 0.15) is 23.0 Å². The Bertz CT molecular complexity index is 1590. The zero-order chi connectivity index (χ0) is 29.0. The van der Waals surface area contributed by atoms with Crippen LogP contribution in [0.15, 0.2) is 66.9 Å². The van der Waals surface area contributed by atoms with Gasteiger partial charge in [-0.05, 0) is 49.4 Å². The molecular formula is C27H23Cl2FN6O4. The maximum absolute atomic E-state index is 15.0. The van der Waals surface area contributed by atoms with Crippen molar-refractivity contribution in [2.45, 2.75) is 13.0 Å². The number of amides is 1. The number of nitrogens with zero attached hydrogens (tertiary/aromatic N) is 2. The highest BCUT2D eigenvalue weighted by molar-refractivity contribution is 6.33. The first kappa shape index (κ1) is 28.6. The summed E-state index contributed by atoms with van der Waals surface area (Å²) in [5.41, 5.74) is 6.30. The predicted octanol–water partition coefficient (Wildman–Crippen LogP) is 4.75. The summed E-state index contributed by atoms with van der Waals surface area (Å²) < 4.78 is 21.1. The van der Waals surface area contributed by atoms with Crippen molar-refractivity contribution in [2.75, 3.05) is 17.7 Å². The number of anilines is 2. The van der Waals surface area contributed by atoms with Crippen molar-refractivity contribution in [3.63, 3.8) is 0 Å². The van der Waals surface area contributed by atoms with Crippen LogP contribution in [-0.2, 0) is 0 Å². The number of hydrogen-bond donors (Lipinski definition) is 5. The third-order valence-electron chi connectivity index (χ3n) is 5.65. The third kappa shape index (κ3) is 6.23. The minimum absolute atomic E-state index is 0.0312. The van der Waals surface area contributed by atoms with E-state index in [1.165, 1.54) is 36.5 Å². The summed E-state index contributed by atoms with van der Waals surface area (Å²) >= 11 is 12.1. The number of nitrogens with one attached hydrogen (secondary N) is 3. The molecular weight excluding hydrogens is 562 g/mol. The van der Waals surface area contributed by atoms with E-state index in [0.717, 1.165) is 6.07 Å². The Kier molecular flexibility index (Phi) is 8.68. The van der Waals surface area contributed by atoms with Crippen molar-refractivity contribution in [3.8, 4) is 22.8 Å². The van der Waals surface area contributed by atoms with Crippen molar-refractivity contribution in [2.24, 2.45) is 0 Å². The molecule has 4 rings (SSSR count). The molecule has 0 radical (unpaired) electrons. The highest BCUT2D eigenvalue weighted by atomic mass is 35.5. The standard InChI is InChI=1S/C27H23Cl2FN6O4/c1-14(13-37)34-26(32)23-22(10-11-33-25(23)31)40-21-9-6-17(12-19(21)30)35-27(38)20-8-7-18(29)24(36(20)39)15-2-4-16(28)5-3-15/h2-12,14,37H,13H2,1H3,(H2,31,33)(H2,32,34)(H,35,38)/t14-/m1/s1. The van der Waals surface area contributed by atoms with E-state index in [9.17, 15) is 15.1 Å². The number of halogens is 3. The molecule has 1 amide bonds. The molecule has 10 nitrogen and oxygen atoms in total. The zero-order valence-corrected chi connectivity index (χ0v) is 22.4. The number of benzene rings is 2. The summed E-state index contributed by atoms with van der Waals surface area (Å²) in [5.74, 6) is -2.00. The molecule has 0 unspecified atom stereocenters. The van der Waals surface area contributed by atoms with E-state index in [1.807, 2.05) is 0 Å². The quantitative estimate of drug-likeness (QED) is 0.0863. The molecule has 0 aliphatic carbocycles. The lowest BCUT2D eigenvalue weighted by Crippen LogP contribution is -2.39. The summed E-state index contributed by atoms with van der Waals surface area (Å²) in [7, 11) is 0. The zero-order valence-electron chi connectivity index (χ0n) is 20.9. The Morgan fingerprint density at radius 2 is 1.90 bits per heavy atom. The van der Waals surface area contributed by atoms with Crippen LogP contribution in [0.5, 0.6) is 11.5 Å². The van der Waals surface area contributed by atoms with Crippen LogP contribution < -0.4 is 25.8 Å². The van der Waals surface area contributed by atoms with Gasteiger partial charge < -0.3 is 31.4 Å². The van der Waals surface area contributed by atoms with Gasteiger partial charge in [0.1, 0.15) is 28.0 Å². The van der Waals surface area contributed by atoms with Crippen molar-refractivity contribution >= 4 is 46.4 Å². The number of nitrogens with two attached hydrogens (primary N) is 1. The molecule has 0 saturated heterocycles. The number of carbonyl (C=O) groups excluding carboxylic acids is 1. The third-order valence-corrected chi connectivity index (χ3v) is 6.21. The number of aromatic nitrogens is 2. The van der Waals surface area contributed by atoms with E-state index in [0.29, 0.717) is 15.3 Å². The van der Waals surface area contributed by atoms with Crippen molar-refractivity contribution in [3.05, 3.63) is 99.2 Å². The molecule has 13 heteroatoms. The maximum atomic E-state index is 15.0. The number of amidine groups is 1. The number of pyridine rings is 2. The highest BCUT2D eigenvalue weighted by Crippen LogP contribution is 2.31. The van der Waals surface area contributed by atoms with Gasteiger partial charge in [0.2, 0.25) is 5.69 Å². The number of hydrogen-bond acceptors (Lipinski definition) is 7. The Morgan fingerprint density at radius 1 is 1.18 bits per heavy atom. The lowest BCUT2D eigenvalue weighted by atomic mass is 10.1. The topological polar surface area (TPSA) is 160 Å². The van der Waals surface area contributed by atoms with Gasteiger partial charge in [-0.1, -0.05) is 23.2 Å². The van der Waals surface area contributed by atoms with Gasteiger partial charge in [0, 0.05) is 46.7 Å². The Labute approximate surface area is 238 Å². The molecule has 40 heavy (non-hydrogen) atoms. The first-order valence-corrected chi connectivity index (χ1v) is 12.5. The average molecular weight is 585 g/mol. The van der Waals surface area contributed by atoms with Crippen LogP contribution in [0.25, 0.3) is 11.3 Å². The second-order valence-electron chi connectivity index (χ2n) is 8.59. The molecule has 2 heterocycles. The Morgan fingerprint density at radius 3 is 2.58 bits per heavy atom. The second-order valence-corrected chi connectivity index (χ2v) is 9.43. The average Bonchev–Trinajstić information content (AvgIpc) is 2.91. The van der Waals surface area contributed by atoms with Crippen molar-refractivity contribution in [1.29, 1.82) is 5.41 Å². The van der Waals surface area contributed by atoms with Gasteiger partial charge in [-0.2, -0.15) is 4.73 Å². The van der Waals surface area contributed by atoms with Crippen LogP contribution in [0.3, 0.4) is 0 Å². The molecule has 2 aromatic carbocycles. The van der Waals surface area contributed by atoms with Crippen LogP contribution in [-0.4, -0.2) is 34.5 Å². The second kappa shape index (κ2) is 12.2. The number of aliphatic hydroxyl groups excluding tert-OH is 1. The van der Waals surface area contributed by atoms with Gasteiger partial charge in [-0.15, -0.1) is 0 Å². The van der Waals surface area contributed by atoms with E-state index in [2.05, 4.69) is 15.6 Å². The molecule has 0 saturated carbocycles. The molecule has 1 atom stereocenters. The van der Waals surface area contributed by atoms with Crippen LogP contribution in [0.2, 0.25) is 10.0 Å². The fourth-order valence-corrected chi connectivity index (χ4v) is 4.06. The summed E-state index contributed by atoms with van der Waals surface area (Å²) in [5, 5.41) is 36.4. The van der Waals surface area contributed by atoms with Gasteiger partial charge in [-0.25, -0.2) is 9.37 Å². The minimum Gasteiger partial charge on any atom is -0.618 e. The highest BCUT2D eigenvalue weighted by Gasteiger charge is 2.24. The molecule has 0 aliphatic heterocycles. The molecule has 0 spiro atoms. The monoisotopic (exact) mass is 584 g/mol. The number of ether oxygens (including phenoxy) is 1. The summed E-state index contributed by atoms with van der Waals surface area (Å²) in [4.78, 5) is 16.9. The Hall–Kier alpha value is -4.45. The van der Waals surface area contributed by atoms with Gasteiger partial charge in [-0.3, -0.25) is 10.2 Å². The van der Waals surface area contributed by atoms with Crippen LogP contribution in [0, 0.1) is 16.4 Å². The normalized spacial score (nSPS) is 11.5. The number of nitrogen functional groups attached to an aromatic ring is 1. The SMILES string of the molecule is C[C@H](CO)NC(=N)c1c(Oc2ccc(NC(=O)c3ccc(Cl)c(-c4ccc(Cl)cc4)[n+]3[O-])cc2F)ccnc1N. The summed E-state index contributed by atoms with van der Waals surface area (Å²) in [6, 6.07) is 13.7. The molecule has 0 fully saturated rings. The first-order chi connectivity index (χ1) is 19.1. The lowest BCUT2D eigenvalue weighted by Gasteiger charge is -2.17. The number of rotatable bonds is 8. The van der Waals surface area contributed by atoms with Gasteiger partial charge in [0.05, 0.1) is 6.61 Å². The lowest BCUT2D eigenvalue weighted by molar-refractivity contribution is -0.595. The van der Waals surface area contributed by atoms with Gasteiger partial charge >= 0.3 is 5.91 Å². The molecule has 0 aliphatic rings. The van der Waals surface area contributed by atoms with E-state index in [4.69, 9.17) is 39.1 Å². The molecule has 206 valence electrons. The fraction of sp³-hybridized carbons (Fsp3) is 0.111. The predicted molar refractivity (Wildman–Crippen MR) is 150 cm³/mol. The molecule has 6 N–H and O–H groups in total. The van der Waals surface area contributed by atoms with Crippen LogP contribution >= 0.6 is 23.2 Å². The molecule has 0 bridgehead atoms. The largest absolute Gasteiger partial charge is 0.618 e. The van der Waals surface area contributed by atoms with E-state index in [1.54, 1.807) is 31.2 Å². The number of aliphatic hydroxyl groups is 1. The Balaban J connectivity index is 1.56. The minimum atomic E-state index is -0.838. The van der Waals surface area contributed by atoms with Crippen LogP contribution in [0.4, 0.5) is 15.9 Å². The van der Waals surface area contributed by atoms with Crippen molar-refractivity contribution in [1.82, 2.24) is 10.3 Å². The molecule has 2 aromatic heterocycles. The van der Waals surface area contributed by atoms with E-state index >= 15 is 4.39 Å². The summed E-state index contributed by atoms with van der Waals surface area (Å²) in [6.45, 7) is 1.43.